The molecule has 2 aromatic rings. The minimum atomic E-state index is 0.0487. The van der Waals surface area contributed by atoms with Crippen molar-refractivity contribution in [3.63, 3.8) is 0 Å². The molecule has 0 saturated carbocycles. The number of hydrogen-bond acceptors (Lipinski definition) is 3. The molecule has 0 fully saturated rings. The molecule has 4 nitrogen and oxygen atoms in total. The largest absolute Gasteiger partial charge is 0.492 e. The average molecular weight is 390 g/mol. The molecule has 5 heteroatoms. The minimum Gasteiger partial charge on any atom is -0.492 e. The van der Waals surface area contributed by atoms with Crippen LogP contribution in [0.15, 0.2) is 29.2 Å². The van der Waals surface area contributed by atoms with Crippen molar-refractivity contribution in [1.29, 1.82) is 0 Å². The normalized spacial score (nSPS) is 16.0. The van der Waals surface area contributed by atoms with Crippen molar-refractivity contribution in [3.8, 4) is 17.0 Å². The molecular weight excluding hydrogens is 362 g/mol. The number of halogens is 1. The van der Waals surface area contributed by atoms with Gasteiger partial charge in [-0.05, 0) is 36.5 Å². The third kappa shape index (κ3) is 4.07. The van der Waals surface area contributed by atoms with Gasteiger partial charge in [-0.25, -0.2) is 0 Å². The summed E-state index contributed by atoms with van der Waals surface area (Å²) in [6.45, 7) is 9.79. The lowest BCUT2D eigenvalue weighted by molar-refractivity contribution is 0.172. The Hall–Kier alpha value is -1.78. The SMILES string of the molecule is COCCCOc1cc2c(cc1Cl)-c1cc(=O)c(C)cn1C(C(C)(C)C)C2. The van der Waals surface area contributed by atoms with Gasteiger partial charge < -0.3 is 14.0 Å². The van der Waals surface area contributed by atoms with Crippen molar-refractivity contribution in [3.05, 3.63) is 50.8 Å². The topological polar surface area (TPSA) is 40.5 Å². The summed E-state index contributed by atoms with van der Waals surface area (Å²) in [7, 11) is 1.68. The van der Waals surface area contributed by atoms with E-state index >= 15 is 0 Å². The maximum absolute atomic E-state index is 12.3. The number of hydrogen-bond donors (Lipinski definition) is 0. The van der Waals surface area contributed by atoms with Crippen LogP contribution in [0.1, 0.15) is 44.4 Å². The number of fused-ring (bicyclic) bond motifs is 3. The van der Waals surface area contributed by atoms with Gasteiger partial charge in [-0.2, -0.15) is 0 Å². The standard InChI is InChI=1S/C22H28ClNO3/c1-14-13-24-18(12-19(14)25)16-11-17(23)20(27-8-6-7-26-5)9-15(16)10-21(24)22(2,3)4/h9,11-13,21H,6-8,10H2,1-5H3. The maximum Gasteiger partial charge on any atom is 0.185 e. The molecule has 0 radical (unpaired) electrons. The fourth-order valence-electron chi connectivity index (χ4n) is 3.66. The molecule has 1 aliphatic rings. The van der Waals surface area contributed by atoms with Gasteiger partial charge in [0.05, 0.1) is 17.3 Å². The van der Waals surface area contributed by atoms with Gasteiger partial charge in [0.25, 0.3) is 0 Å². The van der Waals surface area contributed by atoms with Crippen molar-refractivity contribution in [2.75, 3.05) is 20.3 Å². The Morgan fingerprint density at radius 3 is 2.63 bits per heavy atom. The molecule has 0 N–H and O–H groups in total. The second-order valence-corrected chi connectivity index (χ2v) is 8.74. The maximum atomic E-state index is 12.3. The van der Waals surface area contributed by atoms with Gasteiger partial charge in [-0.3, -0.25) is 4.79 Å². The summed E-state index contributed by atoms with van der Waals surface area (Å²) >= 11 is 6.49. The number of methoxy groups -OCH3 is 1. The fraction of sp³-hybridized carbons (Fsp3) is 0.500. The minimum absolute atomic E-state index is 0.0487. The first kappa shape index (κ1) is 20.0. The lowest BCUT2D eigenvalue weighted by atomic mass is 9.79. The van der Waals surface area contributed by atoms with Gasteiger partial charge in [0.2, 0.25) is 0 Å². The van der Waals surface area contributed by atoms with Crippen LogP contribution < -0.4 is 10.2 Å². The quantitative estimate of drug-likeness (QED) is 0.673. The number of aryl methyl sites for hydroxylation is 1. The molecule has 0 amide bonds. The first-order valence-corrected chi connectivity index (χ1v) is 9.77. The lowest BCUT2D eigenvalue weighted by Gasteiger charge is -2.39. The van der Waals surface area contributed by atoms with E-state index in [4.69, 9.17) is 21.1 Å². The van der Waals surface area contributed by atoms with Crippen molar-refractivity contribution in [1.82, 2.24) is 4.57 Å². The Labute approximate surface area is 166 Å². The predicted molar refractivity (Wildman–Crippen MR) is 110 cm³/mol. The summed E-state index contributed by atoms with van der Waals surface area (Å²) < 4.78 is 13.2. The molecule has 3 rings (SSSR count). The molecule has 0 bridgehead atoms. The molecule has 146 valence electrons. The first-order valence-electron chi connectivity index (χ1n) is 9.39. The molecule has 0 spiro atoms. The highest BCUT2D eigenvalue weighted by atomic mass is 35.5. The molecule has 1 aromatic heterocycles. The van der Waals surface area contributed by atoms with Crippen molar-refractivity contribution in [2.24, 2.45) is 5.41 Å². The molecule has 1 unspecified atom stereocenters. The molecule has 0 saturated heterocycles. The van der Waals surface area contributed by atoms with Crippen molar-refractivity contribution < 1.29 is 9.47 Å². The average Bonchev–Trinajstić information content (AvgIpc) is 2.59. The van der Waals surface area contributed by atoms with E-state index in [2.05, 4.69) is 25.3 Å². The Kier molecular flexibility index (Phi) is 5.68. The Morgan fingerprint density at radius 1 is 1.22 bits per heavy atom. The van der Waals surface area contributed by atoms with Crippen LogP contribution in [0, 0.1) is 12.3 Å². The van der Waals surface area contributed by atoms with Crippen LogP contribution in [0.3, 0.4) is 0 Å². The summed E-state index contributed by atoms with van der Waals surface area (Å²) in [6, 6.07) is 5.96. The van der Waals surface area contributed by atoms with Gasteiger partial charge in [-0.1, -0.05) is 32.4 Å². The van der Waals surface area contributed by atoms with Gasteiger partial charge in [0.15, 0.2) is 5.43 Å². The van der Waals surface area contributed by atoms with E-state index in [9.17, 15) is 4.79 Å². The smallest absolute Gasteiger partial charge is 0.185 e. The van der Waals surface area contributed by atoms with Gasteiger partial charge in [0, 0.05) is 49.6 Å². The van der Waals surface area contributed by atoms with Crippen molar-refractivity contribution in [2.45, 2.75) is 46.6 Å². The van der Waals surface area contributed by atoms with Crippen molar-refractivity contribution >= 4 is 11.6 Å². The second kappa shape index (κ2) is 7.69. The number of aromatic nitrogens is 1. The number of nitrogens with zero attached hydrogens (tertiary/aromatic N) is 1. The second-order valence-electron chi connectivity index (χ2n) is 8.33. The Morgan fingerprint density at radius 2 is 1.96 bits per heavy atom. The highest BCUT2D eigenvalue weighted by Gasteiger charge is 2.33. The van der Waals surface area contributed by atoms with E-state index in [1.807, 2.05) is 25.3 Å². The number of benzene rings is 1. The van der Waals surface area contributed by atoms with Crippen LogP contribution in [0.5, 0.6) is 5.75 Å². The van der Waals surface area contributed by atoms with E-state index in [1.54, 1.807) is 13.2 Å². The number of rotatable bonds is 5. The summed E-state index contributed by atoms with van der Waals surface area (Å²) in [6.07, 6.45) is 3.67. The highest BCUT2D eigenvalue weighted by Crippen LogP contribution is 2.44. The van der Waals surface area contributed by atoms with Crippen LogP contribution in [-0.2, 0) is 11.2 Å². The summed E-state index contributed by atoms with van der Waals surface area (Å²) in [5.74, 6) is 0.696. The van der Waals surface area contributed by atoms with Crippen LogP contribution >= 0.6 is 11.6 Å². The number of ether oxygens (including phenoxy) is 2. The van der Waals surface area contributed by atoms with Crippen LogP contribution in [0.25, 0.3) is 11.3 Å². The van der Waals surface area contributed by atoms with Gasteiger partial charge in [0.1, 0.15) is 5.75 Å². The molecular formula is C22H28ClNO3. The van der Waals surface area contributed by atoms with E-state index in [0.717, 1.165) is 29.7 Å². The van der Waals surface area contributed by atoms with E-state index < -0.39 is 0 Å². The molecule has 27 heavy (non-hydrogen) atoms. The Bertz CT molecular complexity index is 896. The Balaban J connectivity index is 2.06. The zero-order valence-corrected chi connectivity index (χ0v) is 17.5. The van der Waals surface area contributed by atoms with Crippen LogP contribution in [-0.4, -0.2) is 24.9 Å². The monoisotopic (exact) mass is 389 g/mol. The first-order chi connectivity index (χ1) is 12.7. The van der Waals surface area contributed by atoms with E-state index in [1.165, 1.54) is 5.56 Å². The zero-order valence-electron chi connectivity index (χ0n) is 16.8. The highest BCUT2D eigenvalue weighted by molar-refractivity contribution is 6.32. The predicted octanol–water partition coefficient (Wildman–Crippen LogP) is 5.04. The summed E-state index contributed by atoms with van der Waals surface area (Å²) in [5.41, 5.74) is 3.98. The third-order valence-corrected chi connectivity index (χ3v) is 5.50. The molecule has 0 aliphatic carbocycles. The molecule has 1 aromatic carbocycles. The van der Waals surface area contributed by atoms with Gasteiger partial charge >= 0.3 is 0 Å². The van der Waals surface area contributed by atoms with E-state index in [0.29, 0.717) is 24.0 Å². The van der Waals surface area contributed by atoms with Gasteiger partial charge in [-0.15, -0.1) is 0 Å². The van der Waals surface area contributed by atoms with E-state index in [-0.39, 0.29) is 16.9 Å². The lowest BCUT2D eigenvalue weighted by Crippen LogP contribution is -2.31. The zero-order chi connectivity index (χ0) is 19.8. The third-order valence-electron chi connectivity index (χ3n) is 5.20. The fourth-order valence-corrected chi connectivity index (χ4v) is 3.88. The van der Waals surface area contributed by atoms with Crippen LogP contribution in [0.4, 0.5) is 0 Å². The molecule has 1 atom stereocenters. The molecule has 2 heterocycles. The summed E-state index contributed by atoms with van der Waals surface area (Å²) in [4.78, 5) is 12.3. The number of pyridine rings is 1. The van der Waals surface area contributed by atoms with Crippen LogP contribution in [0.2, 0.25) is 5.02 Å². The summed E-state index contributed by atoms with van der Waals surface area (Å²) in [5, 5.41) is 0.569. The molecule has 1 aliphatic heterocycles.